The van der Waals surface area contributed by atoms with Crippen molar-refractivity contribution in [3.05, 3.63) is 98.8 Å². The van der Waals surface area contributed by atoms with Gasteiger partial charge >= 0.3 is 5.69 Å². The Morgan fingerprint density at radius 2 is 1.67 bits per heavy atom. The van der Waals surface area contributed by atoms with Crippen molar-refractivity contribution in [2.24, 2.45) is 0 Å². The maximum absolute atomic E-state index is 14.2. The quantitative estimate of drug-likeness (QED) is 0.546. The first-order valence-corrected chi connectivity index (χ1v) is 13.0. The average molecular weight is 515 g/mol. The second-order valence-electron chi connectivity index (χ2n) is 8.75. The lowest BCUT2D eigenvalue weighted by atomic mass is 9.98. The number of aryl methyl sites for hydroxylation is 1. The number of nitrogens with one attached hydrogen (secondary N) is 1. The second-order valence-corrected chi connectivity index (χ2v) is 10.9. The molecule has 0 spiro atoms. The average Bonchev–Trinajstić information content (AvgIpc) is 2.90. The van der Waals surface area contributed by atoms with E-state index in [0.29, 0.717) is 5.56 Å². The summed E-state index contributed by atoms with van der Waals surface area (Å²) in [5.41, 5.74) is -0.389. The zero-order valence-electron chi connectivity index (χ0n) is 19.6. The fourth-order valence-electron chi connectivity index (χ4n) is 4.76. The Bertz CT molecular complexity index is 1440. The molecule has 1 unspecified atom stereocenters. The molecule has 36 heavy (non-hydrogen) atoms. The minimum atomic E-state index is -4.11. The third-order valence-electron chi connectivity index (χ3n) is 6.51. The smallest absolute Gasteiger partial charge is 0.328 e. The number of aromatic nitrogens is 2. The van der Waals surface area contributed by atoms with E-state index < -0.39 is 57.2 Å². The van der Waals surface area contributed by atoms with Crippen molar-refractivity contribution in [3.63, 3.8) is 0 Å². The maximum Gasteiger partial charge on any atom is 0.328 e. The number of H-pyrrole nitrogens is 1. The molecule has 190 valence electrons. The van der Waals surface area contributed by atoms with E-state index in [-0.39, 0.29) is 17.1 Å². The molecule has 11 heteroatoms. The SMILES string of the molecule is CO[C@@H]1O[C@@H]2COC(c3ccccc3)O[C@H]2[C@H](S(=O)(=O)c2ccccc2)[C@H]1n1cc(C)c(=O)[nH]c1=O. The molecule has 5 rings (SSSR count). The predicted molar refractivity (Wildman–Crippen MR) is 128 cm³/mol. The fraction of sp³-hybridized carbons (Fsp3) is 0.360. The number of fused-ring (bicyclic) bond motifs is 1. The summed E-state index contributed by atoms with van der Waals surface area (Å²) >= 11 is 0. The van der Waals surface area contributed by atoms with Gasteiger partial charge in [-0.3, -0.25) is 14.3 Å². The van der Waals surface area contributed by atoms with Gasteiger partial charge in [0.05, 0.1) is 11.5 Å². The summed E-state index contributed by atoms with van der Waals surface area (Å²) in [5.74, 6) is 0. The van der Waals surface area contributed by atoms with Crippen LogP contribution in [0.25, 0.3) is 0 Å². The minimum absolute atomic E-state index is 0.0527. The number of methoxy groups -OCH3 is 1. The van der Waals surface area contributed by atoms with Gasteiger partial charge in [0.25, 0.3) is 5.56 Å². The van der Waals surface area contributed by atoms with Gasteiger partial charge in [0.15, 0.2) is 22.4 Å². The Morgan fingerprint density at radius 1 is 1.00 bits per heavy atom. The molecule has 2 aromatic carbocycles. The molecule has 6 atom stereocenters. The second kappa shape index (κ2) is 9.75. The lowest BCUT2D eigenvalue weighted by Crippen LogP contribution is -2.63. The Morgan fingerprint density at radius 3 is 2.33 bits per heavy atom. The highest BCUT2D eigenvalue weighted by Crippen LogP contribution is 2.42. The zero-order chi connectivity index (χ0) is 25.4. The Hall–Kier alpha value is -3.09. The van der Waals surface area contributed by atoms with Crippen LogP contribution in [0, 0.1) is 6.92 Å². The normalized spacial score (nSPS) is 28.4. The Kier molecular flexibility index (Phi) is 6.66. The highest BCUT2D eigenvalue weighted by atomic mass is 32.2. The molecule has 1 aromatic heterocycles. The van der Waals surface area contributed by atoms with Crippen molar-refractivity contribution in [2.45, 2.75) is 47.9 Å². The summed E-state index contributed by atoms with van der Waals surface area (Å²) in [7, 11) is -2.74. The summed E-state index contributed by atoms with van der Waals surface area (Å²) in [4.78, 5) is 27.3. The number of sulfone groups is 1. The largest absolute Gasteiger partial charge is 0.354 e. The first-order valence-electron chi connectivity index (χ1n) is 11.4. The van der Waals surface area contributed by atoms with E-state index in [2.05, 4.69) is 4.98 Å². The molecule has 2 fully saturated rings. The van der Waals surface area contributed by atoms with Gasteiger partial charge in [0.2, 0.25) is 0 Å². The van der Waals surface area contributed by atoms with E-state index in [4.69, 9.17) is 18.9 Å². The van der Waals surface area contributed by atoms with Gasteiger partial charge in [-0.25, -0.2) is 13.2 Å². The molecular formula is C25H26N2O8S. The number of ether oxygens (including phenoxy) is 4. The van der Waals surface area contributed by atoms with E-state index in [9.17, 15) is 18.0 Å². The van der Waals surface area contributed by atoms with Crippen LogP contribution >= 0.6 is 0 Å². The molecule has 3 heterocycles. The van der Waals surface area contributed by atoms with Crippen molar-refractivity contribution in [1.29, 1.82) is 0 Å². The number of rotatable bonds is 5. The van der Waals surface area contributed by atoms with Crippen LogP contribution in [0.2, 0.25) is 0 Å². The molecule has 2 saturated heterocycles. The van der Waals surface area contributed by atoms with Crippen molar-refractivity contribution < 1.29 is 27.4 Å². The van der Waals surface area contributed by atoms with E-state index in [1.54, 1.807) is 18.2 Å². The van der Waals surface area contributed by atoms with E-state index >= 15 is 0 Å². The first-order chi connectivity index (χ1) is 17.3. The number of hydrogen-bond acceptors (Lipinski definition) is 8. The van der Waals surface area contributed by atoms with Crippen LogP contribution in [-0.2, 0) is 28.8 Å². The standard InChI is InChI=1S/C25H26N2O8S/c1-15-13-27(25(29)26-22(15)28)19-21(36(30,31)17-11-7-4-8-12-17)20-18(34-24(19)32-2)14-33-23(35-20)16-9-5-3-6-10-16/h3-13,18-21,23-24H,14H2,1-2H3,(H,26,28,29)/t18-,19-,20-,21-,23?,24-/m1/s1. The Balaban J connectivity index is 1.68. The predicted octanol–water partition coefficient (Wildman–Crippen LogP) is 1.71. The van der Waals surface area contributed by atoms with Gasteiger partial charge in [-0.2, -0.15) is 0 Å². The molecule has 0 bridgehead atoms. The monoisotopic (exact) mass is 514 g/mol. The third kappa shape index (κ3) is 4.33. The molecule has 0 aliphatic carbocycles. The number of aromatic amines is 1. The summed E-state index contributed by atoms with van der Waals surface area (Å²) in [5, 5.41) is -1.30. The lowest BCUT2D eigenvalue weighted by molar-refractivity contribution is -0.321. The highest BCUT2D eigenvalue weighted by Gasteiger charge is 2.56. The fourth-order valence-corrected chi connectivity index (χ4v) is 6.83. The first kappa shape index (κ1) is 24.6. The molecule has 3 aromatic rings. The molecule has 2 aliphatic rings. The van der Waals surface area contributed by atoms with Crippen LogP contribution in [0.15, 0.2) is 81.3 Å². The van der Waals surface area contributed by atoms with E-state index in [0.717, 1.165) is 4.57 Å². The number of benzene rings is 2. The van der Waals surface area contributed by atoms with Crippen LogP contribution in [0.4, 0.5) is 0 Å². The van der Waals surface area contributed by atoms with E-state index in [1.165, 1.54) is 32.4 Å². The molecule has 0 saturated carbocycles. The van der Waals surface area contributed by atoms with Gasteiger partial charge < -0.3 is 18.9 Å². The third-order valence-corrected chi connectivity index (χ3v) is 8.70. The van der Waals surface area contributed by atoms with Crippen molar-refractivity contribution >= 4 is 9.84 Å². The molecule has 0 amide bonds. The lowest BCUT2D eigenvalue weighted by Gasteiger charge is -2.49. The molecule has 0 radical (unpaired) electrons. The summed E-state index contributed by atoms with van der Waals surface area (Å²) in [6, 6.07) is 15.9. The molecule has 1 N–H and O–H groups in total. The van der Waals surface area contributed by atoms with Gasteiger partial charge in [0, 0.05) is 24.4 Å². The summed E-state index contributed by atoms with van der Waals surface area (Å²) < 4.78 is 53.3. The number of hydrogen-bond donors (Lipinski definition) is 1. The van der Waals surface area contributed by atoms with Gasteiger partial charge in [0.1, 0.15) is 23.5 Å². The van der Waals surface area contributed by atoms with Crippen LogP contribution in [0.1, 0.15) is 23.5 Å². The van der Waals surface area contributed by atoms with E-state index in [1.807, 2.05) is 30.3 Å². The topological polar surface area (TPSA) is 126 Å². The summed E-state index contributed by atoms with van der Waals surface area (Å²) in [6.07, 6.45) is -2.45. The molecule has 10 nitrogen and oxygen atoms in total. The maximum atomic E-state index is 14.2. The van der Waals surface area contributed by atoms with Gasteiger partial charge in [-0.15, -0.1) is 0 Å². The van der Waals surface area contributed by atoms with Crippen molar-refractivity contribution in [3.8, 4) is 0 Å². The van der Waals surface area contributed by atoms with Crippen LogP contribution in [-0.4, -0.2) is 55.4 Å². The molecule has 2 aliphatic heterocycles. The van der Waals surface area contributed by atoms with Crippen molar-refractivity contribution in [2.75, 3.05) is 13.7 Å². The van der Waals surface area contributed by atoms with Crippen LogP contribution < -0.4 is 11.2 Å². The highest BCUT2D eigenvalue weighted by molar-refractivity contribution is 7.92. The van der Waals surface area contributed by atoms with Gasteiger partial charge in [-0.1, -0.05) is 48.5 Å². The number of nitrogens with zero attached hydrogens (tertiary/aromatic N) is 1. The Labute approximate surface area is 207 Å². The van der Waals surface area contributed by atoms with Crippen molar-refractivity contribution in [1.82, 2.24) is 9.55 Å². The van der Waals surface area contributed by atoms with Gasteiger partial charge in [-0.05, 0) is 19.1 Å². The summed E-state index contributed by atoms with van der Waals surface area (Å²) in [6.45, 7) is 1.58. The van der Waals surface area contributed by atoms with Crippen LogP contribution in [0.3, 0.4) is 0 Å². The minimum Gasteiger partial charge on any atom is -0.354 e. The molecular weight excluding hydrogens is 488 g/mol. The zero-order valence-corrected chi connectivity index (χ0v) is 20.5. The van der Waals surface area contributed by atoms with Crippen LogP contribution in [0.5, 0.6) is 0 Å².